The Hall–Kier alpha value is -1.64. The lowest BCUT2D eigenvalue weighted by Gasteiger charge is -2.17. The smallest absolute Gasteiger partial charge is 0.142 e. The molecule has 1 aromatic heterocycles. The van der Waals surface area contributed by atoms with E-state index >= 15 is 0 Å². The molecule has 0 N–H and O–H groups in total. The van der Waals surface area contributed by atoms with Gasteiger partial charge in [-0.05, 0) is 37.1 Å². The molecular formula is C13H13FN2. The van der Waals surface area contributed by atoms with Crippen LogP contribution in [0.25, 0.3) is 10.9 Å². The molecule has 0 bridgehead atoms. The summed E-state index contributed by atoms with van der Waals surface area (Å²) in [5.74, 6) is -0.272. The molecule has 0 unspecified atom stereocenters. The Morgan fingerprint density at radius 3 is 2.75 bits per heavy atom. The molecule has 1 aliphatic rings. The first-order chi connectivity index (χ1) is 7.83. The summed E-state index contributed by atoms with van der Waals surface area (Å²) in [6.07, 6.45) is 3.76. The molecule has 0 saturated carbocycles. The van der Waals surface area contributed by atoms with Crippen LogP contribution in [0, 0.1) is 5.82 Å². The minimum Gasteiger partial charge on any atom is -0.372 e. The van der Waals surface area contributed by atoms with Gasteiger partial charge in [0.2, 0.25) is 0 Å². The molecule has 0 spiro atoms. The van der Waals surface area contributed by atoms with Gasteiger partial charge >= 0.3 is 0 Å². The van der Waals surface area contributed by atoms with E-state index in [1.54, 1.807) is 6.07 Å². The number of rotatable bonds is 1. The van der Waals surface area contributed by atoms with E-state index in [0.717, 1.165) is 24.0 Å². The molecule has 2 heterocycles. The van der Waals surface area contributed by atoms with Crippen molar-refractivity contribution in [3.63, 3.8) is 0 Å². The van der Waals surface area contributed by atoms with Gasteiger partial charge in [-0.1, -0.05) is 0 Å². The van der Waals surface area contributed by atoms with E-state index in [2.05, 4.69) is 16.0 Å². The second-order valence-corrected chi connectivity index (χ2v) is 4.22. The van der Waals surface area contributed by atoms with Gasteiger partial charge in [0, 0.05) is 24.2 Å². The summed E-state index contributed by atoms with van der Waals surface area (Å²) < 4.78 is 13.1. The largest absolute Gasteiger partial charge is 0.372 e. The topological polar surface area (TPSA) is 16.1 Å². The summed E-state index contributed by atoms with van der Waals surface area (Å²) in [4.78, 5) is 6.39. The fourth-order valence-corrected chi connectivity index (χ4v) is 2.26. The molecule has 1 aromatic carbocycles. The van der Waals surface area contributed by atoms with E-state index < -0.39 is 0 Å². The maximum Gasteiger partial charge on any atom is 0.142 e. The zero-order valence-corrected chi connectivity index (χ0v) is 8.99. The van der Waals surface area contributed by atoms with Gasteiger partial charge in [-0.15, -0.1) is 0 Å². The molecule has 0 amide bonds. The first kappa shape index (κ1) is 9.58. The summed E-state index contributed by atoms with van der Waals surface area (Å²) in [5, 5.41) is 0.879. The molecule has 3 rings (SSSR count). The van der Waals surface area contributed by atoms with Crippen LogP contribution in [0.1, 0.15) is 12.8 Å². The first-order valence-electron chi connectivity index (χ1n) is 5.63. The molecule has 0 aliphatic carbocycles. The van der Waals surface area contributed by atoms with Crippen molar-refractivity contribution in [3.8, 4) is 0 Å². The van der Waals surface area contributed by atoms with Gasteiger partial charge in [0.1, 0.15) is 5.82 Å². The molecule has 2 aromatic rings. The van der Waals surface area contributed by atoms with Crippen LogP contribution < -0.4 is 4.90 Å². The van der Waals surface area contributed by atoms with Gasteiger partial charge in [0.15, 0.2) is 0 Å². The molecule has 1 fully saturated rings. The molecule has 2 nitrogen and oxygen atoms in total. The van der Waals surface area contributed by atoms with Crippen molar-refractivity contribution >= 4 is 16.6 Å². The van der Waals surface area contributed by atoms with Crippen LogP contribution in [0.3, 0.4) is 0 Å². The fourth-order valence-electron chi connectivity index (χ4n) is 2.26. The van der Waals surface area contributed by atoms with Gasteiger partial charge in [0.25, 0.3) is 0 Å². The minimum absolute atomic E-state index is 0.272. The predicted molar refractivity (Wildman–Crippen MR) is 63.1 cm³/mol. The quantitative estimate of drug-likeness (QED) is 0.728. The Kier molecular flexibility index (Phi) is 2.24. The average Bonchev–Trinajstić information content (AvgIpc) is 2.81. The van der Waals surface area contributed by atoms with Crippen LogP contribution in [0.2, 0.25) is 0 Å². The van der Waals surface area contributed by atoms with Crippen LogP contribution in [-0.2, 0) is 0 Å². The van der Waals surface area contributed by atoms with Crippen LogP contribution in [-0.4, -0.2) is 18.1 Å². The Morgan fingerprint density at radius 1 is 1.12 bits per heavy atom. The van der Waals surface area contributed by atoms with E-state index in [4.69, 9.17) is 0 Å². The van der Waals surface area contributed by atoms with Crippen molar-refractivity contribution in [2.45, 2.75) is 12.8 Å². The third-order valence-electron chi connectivity index (χ3n) is 3.10. The number of anilines is 1. The van der Waals surface area contributed by atoms with E-state index in [1.807, 2.05) is 12.1 Å². The summed E-state index contributed by atoms with van der Waals surface area (Å²) in [5.41, 5.74) is 2.03. The maximum absolute atomic E-state index is 13.1. The first-order valence-corrected chi connectivity index (χ1v) is 5.63. The summed E-state index contributed by atoms with van der Waals surface area (Å²) >= 11 is 0. The number of fused-ring (bicyclic) bond motifs is 1. The van der Waals surface area contributed by atoms with Gasteiger partial charge in [-0.2, -0.15) is 0 Å². The zero-order valence-electron chi connectivity index (χ0n) is 8.99. The summed E-state index contributed by atoms with van der Waals surface area (Å²) in [6, 6.07) is 7.60. The van der Waals surface area contributed by atoms with Gasteiger partial charge in [-0.3, -0.25) is 4.98 Å². The number of benzene rings is 1. The number of halogens is 1. The lowest BCUT2D eigenvalue weighted by atomic mass is 10.2. The van der Waals surface area contributed by atoms with E-state index in [9.17, 15) is 4.39 Å². The third kappa shape index (κ3) is 1.62. The lowest BCUT2D eigenvalue weighted by molar-refractivity contribution is 0.624. The number of pyridine rings is 1. The van der Waals surface area contributed by atoms with Crippen LogP contribution in [0.4, 0.5) is 10.1 Å². The van der Waals surface area contributed by atoms with Gasteiger partial charge in [-0.25, -0.2) is 4.39 Å². The highest BCUT2D eigenvalue weighted by molar-refractivity contribution is 5.82. The van der Waals surface area contributed by atoms with Crippen molar-refractivity contribution in [2.24, 2.45) is 0 Å². The molecule has 0 atom stereocenters. The average molecular weight is 216 g/mol. The van der Waals surface area contributed by atoms with Crippen LogP contribution >= 0.6 is 0 Å². The molecular weight excluding hydrogens is 203 g/mol. The van der Waals surface area contributed by atoms with Crippen LogP contribution in [0.15, 0.2) is 30.5 Å². The number of nitrogens with zero attached hydrogens (tertiary/aromatic N) is 2. The second-order valence-electron chi connectivity index (χ2n) is 4.22. The zero-order chi connectivity index (χ0) is 11.0. The number of hydrogen-bond acceptors (Lipinski definition) is 2. The highest BCUT2D eigenvalue weighted by Crippen LogP contribution is 2.24. The molecule has 3 heteroatoms. The SMILES string of the molecule is Fc1cnc2ccc(N3CCCC3)cc2c1. The van der Waals surface area contributed by atoms with Gasteiger partial charge in [0.05, 0.1) is 11.7 Å². The molecule has 1 aliphatic heterocycles. The molecule has 1 saturated heterocycles. The fraction of sp³-hybridized carbons (Fsp3) is 0.308. The monoisotopic (exact) mass is 216 g/mol. The highest BCUT2D eigenvalue weighted by atomic mass is 19.1. The minimum atomic E-state index is -0.272. The normalized spacial score (nSPS) is 15.9. The Labute approximate surface area is 93.7 Å². The molecule has 82 valence electrons. The second kappa shape index (κ2) is 3.74. The van der Waals surface area contributed by atoms with Gasteiger partial charge < -0.3 is 4.90 Å². The highest BCUT2D eigenvalue weighted by Gasteiger charge is 2.12. The molecule has 0 radical (unpaired) electrons. The Morgan fingerprint density at radius 2 is 1.94 bits per heavy atom. The summed E-state index contributed by atoms with van der Waals surface area (Å²) in [6.45, 7) is 2.21. The van der Waals surface area contributed by atoms with Crippen molar-refractivity contribution in [2.75, 3.05) is 18.0 Å². The molecule has 16 heavy (non-hydrogen) atoms. The van der Waals surface area contributed by atoms with E-state index in [1.165, 1.54) is 24.7 Å². The van der Waals surface area contributed by atoms with Crippen molar-refractivity contribution in [1.29, 1.82) is 0 Å². The van der Waals surface area contributed by atoms with Crippen molar-refractivity contribution in [1.82, 2.24) is 4.98 Å². The van der Waals surface area contributed by atoms with E-state index in [0.29, 0.717) is 0 Å². The Bertz CT molecular complexity index is 518. The maximum atomic E-state index is 13.1. The van der Waals surface area contributed by atoms with Crippen molar-refractivity contribution in [3.05, 3.63) is 36.3 Å². The van der Waals surface area contributed by atoms with Crippen molar-refractivity contribution < 1.29 is 4.39 Å². The van der Waals surface area contributed by atoms with Crippen LogP contribution in [0.5, 0.6) is 0 Å². The van der Waals surface area contributed by atoms with E-state index in [-0.39, 0.29) is 5.82 Å². The lowest BCUT2D eigenvalue weighted by Crippen LogP contribution is -2.17. The predicted octanol–water partition coefficient (Wildman–Crippen LogP) is 2.97. The number of aromatic nitrogens is 1. The summed E-state index contributed by atoms with van der Waals surface area (Å²) in [7, 11) is 0. The number of hydrogen-bond donors (Lipinski definition) is 0. The standard InChI is InChI=1S/C13H13FN2/c14-11-7-10-8-12(16-5-1-2-6-16)3-4-13(10)15-9-11/h3-4,7-9H,1-2,5-6H2. The third-order valence-corrected chi connectivity index (χ3v) is 3.10. The Balaban J connectivity index is 2.07.